The van der Waals surface area contributed by atoms with Crippen LogP contribution in [0.3, 0.4) is 0 Å². The van der Waals surface area contributed by atoms with Gasteiger partial charge in [-0.2, -0.15) is 22.0 Å². The van der Waals surface area contributed by atoms with E-state index in [1.807, 2.05) is 0 Å². The molecule has 120 valence electrons. The van der Waals surface area contributed by atoms with Gasteiger partial charge in [-0.15, -0.1) is 0 Å². The molecule has 0 N–H and O–H groups in total. The predicted molar refractivity (Wildman–Crippen MR) is 67.7 cm³/mol. The van der Waals surface area contributed by atoms with Crippen LogP contribution in [0.25, 0.3) is 33.0 Å². The van der Waals surface area contributed by atoms with Gasteiger partial charge < -0.3 is 0 Å². The molecule has 3 aromatic heterocycles. The minimum atomic E-state index is -1.64. The molecule has 0 aliphatic rings. The highest BCUT2D eigenvalue weighted by Crippen LogP contribution is 2.31. The van der Waals surface area contributed by atoms with Crippen LogP contribution >= 0.6 is 0 Å². The number of nitrogens with zero attached hydrogens (tertiary/aromatic N) is 5. The van der Waals surface area contributed by atoms with E-state index in [-0.39, 0.29) is 5.39 Å². The van der Waals surface area contributed by atoms with Crippen LogP contribution in [0.15, 0.2) is 6.07 Å². The summed E-state index contributed by atoms with van der Waals surface area (Å²) in [4.78, 5) is 16.2. The Hall–Kier alpha value is -3.11. The maximum absolute atomic E-state index is 13.5. The highest BCUT2D eigenvalue weighted by Gasteiger charge is 2.22. The van der Waals surface area contributed by atoms with E-state index < -0.39 is 63.1 Å². The zero-order chi connectivity index (χ0) is 17.2. The van der Waals surface area contributed by atoms with Crippen molar-refractivity contribution in [3.8, 4) is 0 Å². The molecule has 24 heavy (non-hydrogen) atoms. The Labute approximate surface area is 127 Å². The lowest BCUT2D eigenvalue weighted by atomic mass is 10.1. The Morgan fingerprint density at radius 3 is 1.25 bits per heavy atom. The fraction of sp³-hybridized carbons (Fsp3) is 0. The van der Waals surface area contributed by atoms with Crippen LogP contribution < -0.4 is 0 Å². The van der Waals surface area contributed by atoms with Crippen LogP contribution in [-0.4, -0.2) is 24.9 Å². The molecule has 0 fully saturated rings. The van der Waals surface area contributed by atoms with Gasteiger partial charge in [-0.05, 0) is 6.07 Å². The van der Waals surface area contributed by atoms with Crippen LogP contribution in [0.1, 0.15) is 0 Å². The number of halogens is 6. The number of benzene rings is 1. The first-order chi connectivity index (χ1) is 11.4. The lowest BCUT2D eigenvalue weighted by Crippen LogP contribution is -2.04. The van der Waals surface area contributed by atoms with Crippen molar-refractivity contribution in [3.63, 3.8) is 0 Å². The molecule has 0 unspecified atom stereocenters. The molecule has 0 saturated carbocycles. The summed E-state index contributed by atoms with van der Waals surface area (Å²) >= 11 is 0. The van der Waals surface area contributed by atoms with Crippen LogP contribution in [-0.2, 0) is 0 Å². The van der Waals surface area contributed by atoms with Gasteiger partial charge in [-0.1, -0.05) is 0 Å². The zero-order valence-corrected chi connectivity index (χ0v) is 11.1. The Morgan fingerprint density at radius 1 is 0.458 bits per heavy atom. The first-order valence-corrected chi connectivity index (χ1v) is 6.20. The van der Waals surface area contributed by atoms with Crippen molar-refractivity contribution < 1.29 is 26.3 Å². The second-order valence-electron chi connectivity index (χ2n) is 4.66. The summed E-state index contributed by atoms with van der Waals surface area (Å²) in [5.74, 6) is -9.49. The van der Waals surface area contributed by atoms with E-state index in [1.54, 1.807) is 0 Å². The third-order valence-corrected chi connectivity index (χ3v) is 3.27. The van der Waals surface area contributed by atoms with E-state index in [4.69, 9.17) is 0 Å². The SMILES string of the molecule is Fc1cc2c(nc1F)c1nc(F)c(F)nc1c1nc(F)c(F)nc21. The van der Waals surface area contributed by atoms with Crippen molar-refractivity contribution in [2.24, 2.45) is 0 Å². The lowest BCUT2D eigenvalue weighted by Gasteiger charge is -2.08. The van der Waals surface area contributed by atoms with Crippen LogP contribution in [0, 0.1) is 35.6 Å². The van der Waals surface area contributed by atoms with Crippen molar-refractivity contribution in [1.82, 2.24) is 24.9 Å². The van der Waals surface area contributed by atoms with E-state index in [0.717, 1.165) is 0 Å². The van der Waals surface area contributed by atoms with Gasteiger partial charge >= 0.3 is 0 Å². The Kier molecular flexibility index (Phi) is 2.83. The fourth-order valence-electron chi connectivity index (χ4n) is 2.30. The fourth-order valence-corrected chi connectivity index (χ4v) is 2.30. The number of aromatic nitrogens is 5. The van der Waals surface area contributed by atoms with Crippen LogP contribution in [0.2, 0.25) is 0 Å². The normalized spacial score (nSPS) is 11.8. The molecular formula is C13HF6N5. The van der Waals surface area contributed by atoms with Crippen molar-refractivity contribution in [2.75, 3.05) is 0 Å². The number of rotatable bonds is 0. The Morgan fingerprint density at radius 2 is 0.792 bits per heavy atom. The molecule has 11 heteroatoms. The summed E-state index contributed by atoms with van der Waals surface area (Å²) in [5, 5.41) is -0.317. The maximum atomic E-state index is 13.5. The Balaban J connectivity index is 2.40. The third-order valence-electron chi connectivity index (χ3n) is 3.27. The van der Waals surface area contributed by atoms with Crippen molar-refractivity contribution >= 4 is 33.0 Å². The number of fused-ring (bicyclic) bond motifs is 6. The minimum Gasteiger partial charge on any atom is -0.215 e. The number of hydrogen-bond donors (Lipinski definition) is 0. The lowest BCUT2D eigenvalue weighted by molar-refractivity contribution is 0.456. The van der Waals surface area contributed by atoms with E-state index in [0.29, 0.717) is 6.07 Å². The summed E-state index contributed by atoms with van der Waals surface area (Å²) in [6.07, 6.45) is 0. The van der Waals surface area contributed by atoms with E-state index in [2.05, 4.69) is 24.9 Å². The average molecular weight is 341 g/mol. The molecule has 4 rings (SSSR count). The Bertz CT molecular complexity index is 911. The highest BCUT2D eigenvalue weighted by molar-refractivity contribution is 6.18. The van der Waals surface area contributed by atoms with Gasteiger partial charge in [0.2, 0.25) is 5.95 Å². The van der Waals surface area contributed by atoms with E-state index in [1.165, 1.54) is 0 Å². The summed E-state index contributed by atoms with van der Waals surface area (Å²) < 4.78 is 80.4. The first-order valence-electron chi connectivity index (χ1n) is 6.20. The van der Waals surface area contributed by atoms with Gasteiger partial charge in [0, 0.05) is 5.39 Å². The third kappa shape index (κ3) is 1.87. The molecule has 0 spiro atoms. The topological polar surface area (TPSA) is 64.5 Å². The second-order valence-corrected chi connectivity index (χ2v) is 4.66. The van der Waals surface area contributed by atoms with Crippen molar-refractivity contribution in [3.05, 3.63) is 41.6 Å². The van der Waals surface area contributed by atoms with Gasteiger partial charge in [0.15, 0.2) is 5.82 Å². The van der Waals surface area contributed by atoms with Gasteiger partial charge in [0.05, 0.1) is 0 Å². The molecule has 0 bridgehead atoms. The molecule has 3 heterocycles. The number of hydrogen-bond acceptors (Lipinski definition) is 5. The molecule has 1 aromatic carbocycles. The van der Waals surface area contributed by atoms with Crippen LogP contribution in [0.4, 0.5) is 26.3 Å². The molecule has 5 nitrogen and oxygen atoms in total. The molecule has 4 aromatic rings. The second kappa shape index (κ2) is 4.69. The van der Waals surface area contributed by atoms with Gasteiger partial charge in [0.1, 0.15) is 27.6 Å². The molecule has 0 aliphatic heterocycles. The van der Waals surface area contributed by atoms with Crippen molar-refractivity contribution in [1.29, 1.82) is 0 Å². The summed E-state index contributed by atoms with van der Waals surface area (Å²) in [7, 11) is 0. The molecule has 0 atom stereocenters. The molecule has 0 aliphatic carbocycles. The standard InChI is InChI=1S/C13HF6N5/c14-3-1-2-4(20-9(3)15)6-8(24-13(19)12(18)22-6)7-5(2)21-10(16)11(17)23-7/h1H. The number of pyridine rings is 1. The average Bonchev–Trinajstić information content (AvgIpc) is 2.53. The van der Waals surface area contributed by atoms with Crippen molar-refractivity contribution in [2.45, 2.75) is 0 Å². The molecular weight excluding hydrogens is 340 g/mol. The minimum absolute atomic E-state index is 0.317. The van der Waals surface area contributed by atoms with Gasteiger partial charge in [-0.25, -0.2) is 29.3 Å². The molecule has 0 radical (unpaired) electrons. The van der Waals surface area contributed by atoms with E-state index in [9.17, 15) is 26.3 Å². The largest absolute Gasteiger partial charge is 0.269 e. The smallest absolute Gasteiger partial charge is 0.215 e. The van der Waals surface area contributed by atoms with E-state index >= 15 is 0 Å². The molecule has 0 saturated heterocycles. The summed E-state index contributed by atoms with van der Waals surface area (Å²) in [5.41, 5.74) is -2.45. The first kappa shape index (κ1) is 14.5. The highest BCUT2D eigenvalue weighted by atomic mass is 19.2. The summed E-state index contributed by atoms with van der Waals surface area (Å²) in [6.45, 7) is 0. The zero-order valence-electron chi connectivity index (χ0n) is 11.1. The summed E-state index contributed by atoms with van der Waals surface area (Å²) in [6, 6.07) is 0.592. The monoisotopic (exact) mass is 341 g/mol. The maximum Gasteiger partial charge on any atom is 0.269 e. The quantitative estimate of drug-likeness (QED) is 0.280. The van der Waals surface area contributed by atoms with Crippen LogP contribution in [0.5, 0.6) is 0 Å². The van der Waals surface area contributed by atoms with Gasteiger partial charge in [-0.3, -0.25) is 0 Å². The predicted octanol–water partition coefficient (Wildman–Crippen LogP) is 2.96. The van der Waals surface area contributed by atoms with Gasteiger partial charge in [0.25, 0.3) is 23.8 Å². The molecule has 0 amide bonds.